The smallest absolute Gasteiger partial charge is 0.150 e. The molecule has 18 heavy (non-hydrogen) atoms. The van der Waals surface area contributed by atoms with Gasteiger partial charge in [0.05, 0.1) is 16.3 Å². The van der Waals surface area contributed by atoms with Crippen molar-refractivity contribution in [2.24, 2.45) is 0 Å². The highest BCUT2D eigenvalue weighted by molar-refractivity contribution is 7.09. The van der Waals surface area contributed by atoms with Crippen molar-refractivity contribution in [2.75, 3.05) is 17.6 Å². The van der Waals surface area contributed by atoms with Crippen molar-refractivity contribution in [2.45, 2.75) is 13.3 Å². The predicted molar refractivity (Wildman–Crippen MR) is 72.4 cm³/mol. The summed E-state index contributed by atoms with van der Waals surface area (Å²) in [6, 6.07) is 3.63. The van der Waals surface area contributed by atoms with Crippen LogP contribution in [0.15, 0.2) is 17.6 Å². The molecule has 0 aliphatic rings. The summed E-state index contributed by atoms with van der Waals surface area (Å²) in [6.45, 7) is 2.67. The Morgan fingerprint density at radius 3 is 3.06 bits per heavy atom. The van der Waals surface area contributed by atoms with Crippen LogP contribution in [-0.4, -0.2) is 16.5 Å². The number of hydrogen-bond acceptors (Lipinski definition) is 6. The molecule has 92 valence electrons. The van der Waals surface area contributed by atoms with Crippen LogP contribution in [0, 0.1) is 18.3 Å². The van der Waals surface area contributed by atoms with Gasteiger partial charge in [-0.1, -0.05) is 0 Å². The minimum atomic E-state index is 0.398. The number of anilines is 2. The molecule has 0 fully saturated rings. The molecule has 2 heterocycles. The lowest BCUT2D eigenvalue weighted by Gasteiger charge is -2.07. The SMILES string of the molecule is Cc1csc(CCNc2nccc(C#N)c2N)n1. The summed E-state index contributed by atoms with van der Waals surface area (Å²) in [6.07, 6.45) is 2.39. The third kappa shape index (κ3) is 2.76. The van der Waals surface area contributed by atoms with E-state index in [1.807, 2.05) is 18.4 Å². The number of nitrogens with two attached hydrogens (primary N) is 1. The van der Waals surface area contributed by atoms with Gasteiger partial charge in [0, 0.05) is 30.2 Å². The Morgan fingerprint density at radius 2 is 2.39 bits per heavy atom. The summed E-state index contributed by atoms with van der Waals surface area (Å²) in [5.74, 6) is 0.558. The van der Waals surface area contributed by atoms with Gasteiger partial charge in [-0.25, -0.2) is 9.97 Å². The fourth-order valence-corrected chi connectivity index (χ4v) is 2.29. The molecule has 0 saturated carbocycles. The first-order chi connectivity index (χ1) is 8.70. The summed E-state index contributed by atoms with van der Waals surface area (Å²) in [4.78, 5) is 8.49. The molecule has 0 aliphatic carbocycles. The van der Waals surface area contributed by atoms with Gasteiger partial charge in [0.25, 0.3) is 0 Å². The van der Waals surface area contributed by atoms with Crippen molar-refractivity contribution < 1.29 is 0 Å². The van der Waals surface area contributed by atoms with Gasteiger partial charge in [-0.05, 0) is 13.0 Å². The quantitative estimate of drug-likeness (QED) is 0.876. The van der Waals surface area contributed by atoms with E-state index in [1.165, 1.54) is 0 Å². The predicted octanol–water partition coefficient (Wildman–Crippen LogP) is 1.95. The Bertz CT molecular complexity index is 584. The molecular weight excluding hydrogens is 246 g/mol. The second kappa shape index (κ2) is 5.47. The van der Waals surface area contributed by atoms with Gasteiger partial charge in [-0.15, -0.1) is 11.3 Å². The maximum Gasteiger partial charge on any atom is 0.150 e. The number of rotatable bonds is 4. The number of nitrogens with one attached hydrogen (secondary N) is 1. The van der Waals surface area contributed by atoms with Gasteiger partial charge in [0.2, 0.25) is 0 Å². The van der Waals surface area contributed by atoms with Crippen LogP contribution < -0.4 is 11.1 Å². The Labute approximate surface area is 109 Å². The molecule has 0 amide bonds. The Morgan fingerprint density at radius 1 is 1.56 bits per heavy atom. The van der Waals surface area contributed by atoms with E-state index in [0.717, 1.165) is 17.1 Å². The highest BCUT2D eigenvalue weighted by Gasteiger charge is 2.05. The average molecular weight is 259 g/mol. The van der Waals surface area contributed by atoms with Crippen LogP contribution in [-0.2, 0) is 6.42 Å². The van der Waals surface area contributed by atoms with Crippen LogP contribution in [0.25, 0.3) is 0 Å². The lowest BCUT2D eigenvalue weighted by atomic mass is 10.2. The highest BCUT2D eigenvalue weighted by Crippen LogP contribution is 2.19. The lowest BCUT2D eigenvalue weighted by molar-refractivity contribution is 0.978. The van der Waals surface area contributed by atoms with Crippen molar-refractivity contribution in [1.29, 1.82) is 5.26 Å². The number of thiazole rings is 1. The zero-order valence-electron chi connectivity index (χ0n) is 9.97. The molecule has 0 spiro atoms. The Kier molecular flexibility index (Phi) is 3.75. The Hall–Kier alpha value is -2.13. The van der Waals surface area contributed by atoms with Crippen molar-refractivity contribution in [3.05, 3.63) is 33.9 Å². The average Bonchev–Trinajstić information content (AvgIpc) is 2.77. The maximum absolute atomic E-state index is 8.86. The third-order valence-electron chi connectivity index (χ3n) is 2.41. The molecule has 2 rings (SSSR count). The zero-order valence-corrected chi connectivity index (χ0v) is 10.8. The lowest BCUT2D eigenvalue weighted by Crippen LogP contribution is -2.09. The second-order valence-corrected chi connectivity index (χ2v) is 4.73. The van der Waals surface area contributed by atoms with Gasteiger partial charge in [0.15, 0.2) is 5.82 Å². The van der Waals surface area contributed by atoms with E-state index in [4.69, 9.17) is 11.0 Å². The van der Waals surface area contributed by atoms with E-state index in [0.29, 0.717) is 23.6 Å². The van der Waals surface area contributed by atoms with Crippen LogP contribution in [0.3, 0.4) is 0 Å². The molecule has 6 heteroatoms. The van der Waals surface area contributed by atoms with Crippen LogP contribution >= 0.6 is 11.3 Å². The molecule has 2 aromatic rings. The third-order valence-corrected chi connectivity index (χ3v) is 3.43. The van der Waals surface area contributed by atoms with Crippen LogP contribution in [0.4, 0.5) is 11.5 Å². The second-order valence-electron chi connectivity index (χ2n) is 3.79. The van der Waals surface area contributed by atoms with E-state index >= 15 is 0 Å². The maximum atomic E-state index is 8.86. The standard InChI is InChI=1S/C12H13N5S/c1-8-7-18-10(17-8)3-5-16-12-11(14)9(6-13)2-4-15-12/h2,4,7H,3,5,14H2,1H3,(H,15,16). The van der Waals surface area contributed by atoms with Crippen molar-refractivity contribution in [1.82, 2.24) is 9.97 Å². The fourth-order valence-electron chi connectivity index (χ4n) is 1.52. The number of nitrogen functional groups attached to an aromatic ring is 1. The molecule has 0 radical (unpaired) electrons. The number of pyridine rings is 1. The topological polar surface area (TPSA) is 87.6 Å². The molecule has 5 nitrogen and oxygen atoms in total. The first kappa shape index (κ1) is 12.3. The number of nitrogens with zero attached hydrogens (tertiary/aromatic N) is 3. The summed E-state index contributed by atoms with van der Waals surface area (Å²) in [7, 11) is 0. The van der Waals surface area contributed by atoms with E-state index in [2.05, 4.69) is 15.3 Å². The van der Waals surface area contributed by atoms with Gasteiger partial charge in [-0.3, -0.25) is 0 Å². The van der Waals surface area contributed by atoms with Gasteiger partial charge >= 0.3 is 0 Å². The van der Waals surface area contributed by atoms with Gasteiger partial charge in [0.1, 0.15) is 6.07 Å². The van der Waals surface area contributed by atoms with Crippen LogP contribution in [0.2, 0.25) is 0 Å². The molecule has 2 aromatic heterocycles. The van der Waals surface area contributed by atoms with Crippen molar-refractivity contribution in [3.63, 3.8) is 0 Å². The molecule has 0 atom stereocenters. The molecule has 0 bridgehead atoms. The van der Waals surface area contributed by atoms with E-state index in [9.17, 15) is 0 Å². The van der Waals surface area contributed by atoms with E-state index in [-0.39, 0.29) is 0 Å². The molecule has 3 N–H and O–H groups in total. The Balaban J connectivity index is 1.97. The molecule has 0 unspecified atom stereocenters. The number of aryl methyl sites for hydroxylation is 1. The molecular formula is C12H13N5S. The first-order valence-corrected chi connectivity index (χ1v) is 6.38. The highest BCUT2D eigenvalue weighted by atomic mass is 32.1. The zero-order chi connectivity index (χ0) is 13.0. The van der Waals surface area contributed by atoms with Crippen LogP contribution in [0.5, 0.6) is 0 Å². The first-order valence-electron chi connectivity index (χ1n) is 5.50. The summed E-state index contributed by atoms with van der Waals surface area (Å²) >= 11 is 1.64. The molecule has 0 saturated heterocycles. The largest absolute Gasteiger partial charge is 0.395 e. The summed E-state index contributed by atoms with van der Waals surface area (Å²) in [5, 5.41) is 15.1. The minimum absolute atomic E-state index is 0.398. The van der Waals surface area contributed by atoms with Gasteiger partial charge in [-0.2, -0.15) is 5.26 Å². The monoisotopic (exact) mass is 259 g/mol. The number of hydrogen-bond donors (Lipinski definition) is 2. The van der Waals surface area contributed by atoms with Crippen molar-refractivity contribution in [3.8, 4) is 6.07 Å². The van der Waals surface area contributed by atoms with Crippen LogP contribution in [0.1, 0.15) is 16.3 Å². The summed E-state index contributed by atoms with van der Waals surface area (Å²) in [5.41, 5.74) is 7.70. The summed E-state index contributed by atoms with van der Waals surface area (Å²) < 4.78 is 0. The van der Waals surface area contributed by atoms with Crippen molar-refractivity contribution >= 4 is 22.8 Å². The fraction of sp³-hybridized carbons (Fsp3) is 0.250. The number of nitriles is 1. The van der Waals surface area contributed by atoms with Gasteiger partial charge < -0.3 is 11.1 Å². The van der Waals surface area contributed by atoms with E-state index in [1.54, 1.807) is 23.6 Å². The minimum Gasteiger partial charge on any atom is -0.395 e. The number of aromatic nitrogens is 2. The van der Waals surface area contributed by atoms with E-state index < -0.39 is 0 Å². The molecule has 0 aliphatic heterocycles. The normalized spacial score (nSPS) is 10.0. The molecule has 0 aromatic carbocycles.